The number of nitrogens with one attached hydrogen (secondary N) is 2. The number of nitrogens with zero attached hydrogens (tertiary/aromatic N) is 1. The smallest absolute Gasteiger partial charge is 0.103 e. The van der Waals surface area contributed by atoms with Gasteiger partial charge in [0.05, 0.1) is 16.3 Å². The fourth-order valence-corrected chi connectivity index (χ4v) is 2.39. The summed E-state index contributed by atoms with van der Waals surface area (Å²) in [6.07, 6.45) is 3.60. The third kappa shape index (κ3) is 3.12. The molecule has 0 saturated carbocycles. The molecule has 1 aliphatic rings. The van der Waals surface area contributed by atoms with E-state index in [4.69, 9.17) is 16.9 Å². The lowest BCUT2D eigenvalue weighted by atomic mass is 10.1. The van der Waals surface area contributed by atoms with E-state index in [1.54, 1.807) is 6.07 Å². The Hall–Kier alpha value is -1.24. The van der Waals surface area contributed by atoms with E-state index >= 15 is 0 Å². The molecule has 2 N–H and O–H groups in total. The molecule has 1 atom stereocenters. The van der Waals surface area contributed by atoms with E-state index in [9.17, 15) is 0 Å². The minimum absolute atomic E-state index is 0.511. The predicted molar refractivity (Wildman–Crippen MR) is 70.3 cm³/mol. The van der Waals surface area contributed by atoms with Crippen molar-refractivity contribution in [3.8, 4) is 6.07 Å². The number of hydrogen-bond acceptors (Lipinski definition) is 3. The molecule has 1 aromatic carbocycles. The van der Waals surface area contributed by atoms with E-state index in [0.717, 1.165) is 25.2 Å². The van der Waals surface area contributed by atoms with Crippen molar-refractivity contribution in [2.24, 2.45) is 0 Å². The summed E-state index contributed by atoms with van der Waals surface area (Å²) in [7, 11) is 0. The number of hydrogen-bond donors (Lipinski definition) is 2. The summed E-state index contributed by atoms with van der Waals surface area (Å²) in [5.41, 5.74) is 1.37. The minimum atomic E-state index is 0.511. The van der Waals surface area contributed by atoms with Gasteiger partial charge in [-0.15, -0.1) is 0 Å². The molecule has 90 valence electrons. The lowest BCUT2D eigenvalue weighted by molar-refractivity contribution is 0.574. The number of halogens is 1. The lowest BCUT2D eigenvalue weighted by Crippen LogP contribution is -2.24. The maximum absolute atomic E-state index is 9.02. The first kappa shape index (κ1) is 12.2. The molecule has 0 aromatic heterocycles. The maximum atomic E-state index is 9.02. The molecule has 1 aliphatic heterocycles. The van der Waals surface area contributed by atoms with Gasteiger partial charge in [-0.2, -0.15) is 5.26 Å². The van der Waals surface area contributed by atoms with Crippen LogP contribution in [0.2, 0.25) is 5.02 Å². The second-order valence-corrected chi connectivity index (χ2v) is 4.69. The standard InChI is InChI=1S/C13H16ClN3/c14-12-4-1-5-13(11(12)9-15)17-8-6-10-3-2-7-16-10/h1,4-5,10,16-17H,2-3,6-8H2. The van der Waals surface area contributed by atoms with Crippen LogP contribution >= 0.6 is 11.6 Å². The molecule has 2 rings (SSSR count). The number of rotatable bonds is 4. The summed E-state index contributed by atoms with van der Waals surface area (Å²) in [5.74, 6) is 0. The first-order chi connectivity index (χ1) is 8.31. The Labute approximate surface area is 107 Å². The highest BCUT2D eigenvalue weighted by Gasteiger charge is 2.13. The predicted octanol–water partition coefficient (Wildman–Crippen LogP) is 2.77. The van der Waals surface area contributed by atoms with Gasteiger partial charge in [0.25, 0.3) is 0 Å². The third-order valence-corrected chi connectivity index (χ3v) is 3.41. The van der Waals surface area contributed by atoms with E-state index in [1.807, 2.05) is 12.1 Å². The summed E-state index contributed by atoms with van der Waals surface area (Å²) < 4.78 is 0. The van der Waals surface area contributed by atoms with Gasteiger partial charge in [-0.25, -0.2) is 0 Å². The van der Waals surface area contributed by atoms with Gasteiger partial charge in [-0.05, 0) is 37.9 Å². The van der Waals surface area contributed by atoms with Crippen LogP contribution in [-0.2, 0) is 0 Å². The van der Waals surface area contributed by atoms with Gasteiger partial charge in [-0.1, -0.05) is 17.7 Å². The van der Waals surface area contributed by atoms with Crippen LogP contribution in [-0.4, -0.2) is 19.1 Å². The van der Waals surface area contributed by atoms with Gasteiger partial charge in [-0.3, -0.25) is 0 Å². The Balaban J connectivity index is 1.90. The highest BCUT2D eigenvalue weighted by molar-refractivity contribution is 6.32. The monoisotopic (exact) mass is 249 g/mol. The molecule has 0 radical (unpaired) electrons. The molecule has 1 fully saturated rings. The Morgan fingerprint density at radius 1 is 1.53 bits per heavy atom. The quantitative estimate of drug-likeness (QED) is 0.863. The maximum Gasteiger partial charge on any atom is 0.103 e. The zero-order chi connectivity index (χ0) is 12.1. The molecule has 0 aliphatic carbocycles. The van der Waals surface area contributed by atoms with Crippen LogP contribution < -0.4 is 10.6 Å². The molecular weight excluding hydrogens is 234 g/mol. The number of anilines is 1. The number of nitriles is 1. The van der Waals surface area contributed by atoms with Gasteiger partial charge >= 0.3 is 0 Å². The minimum Gasteiger partial charge on any atom is -0.384 e. The molecule has 1 unspecified atom stereocenters. The van der Waals surface area contributed by atoms with Crippen LogP contribution in [0.25, 0.3) is 0 Å². The topological polar surface area (TPSA) is 47.9 Å². The van der Waals surface area contributed by atoms with E-state index in [1.165, 1.54) is 12.8 Å². The first-order valence-corrected chi connectivity index (χ1v) is 6.35. The molecule has 4 heteroatoms. The van der Waals surface area contributed by atoms with Crippen molar-refractivity contribution in [3.63, 3.8) is 0 Å². The SMILES string of the molecule is N#Cc1c(Cl)cccc1NCCC1CCCN1. The molecule has 3 nitrogen and oxygen atoms in total. The van der Waals surface area contributed by atoms with Crippen LogP contribution in [0, 0.1) is 11.3 Å². The van der Waals surface area contributed by atoms with E-state index in [0.29, 0.717) is 16.6 Å². The summed E-state index contributed by atoms with van der Waals surface area (Å²) in [5, 5.41) is 16.3. The fraction of sp³-hybridized carbons (Fsp3) is 0.462. The zero-order valence-corrected chi connectivity index (χ0v) is 10.4. The van der Waals surface area contributed by atoms with Crippen molar-refractivity contribution in [2.45, 2.75) is 25.3 Å². The lowest BCUT2D eigenvalue weighted by Gasteiger charge is -2.12. The highest BCUT2D eigenvalue weighted by Crippen LogP contribution is 2.23. The molecular formula is C13H16ClN3. The van der Waals surface area contributed by atoms with E-state index in [-0.39, 0.29) is 0 Å². The summed E-state index contributed by atoms with van der Waals surface area (Å²) in [6, 6.07) is 8.25. The molecule has 0 bridgehead atoms. The first-order valence-electron chi connectivity index (χ1n) is 5.97. The van der Waals surface area contributed by atoms with Crippen LogP contribution in [0.4, 0.5) is 5.69 Å². The molecule has 1 heterocycles. The average molecular weight is 250 g/mol. The van der Waals surface area contributed by atoms with Crippen molar-refractivity contribution in [3.05, 3.63) is 28.8 Å². The third-order valence-electron chi connectivity index (χ3n) is 3.10. The summed E-state index contributed by atoms with van der Waals surface area (Å²) in [6.45, 7) is 2.00. The van der Waals surface area contributed by atoms with Gasteiger partial charge in [0, 0.05) is 12.6 Å². The average Bonchev–Trinajstić information content (AvgIpc) is 2.82. The largest absolute Gasteiger partial charge is 0.384 e. The second kappa shape index (κ2) is 5.90. The molecule has 1 saturated heterocycles. The van der Waals surface area contributed by atoms with Gasteiger partial charge in [0.1, 0.15) is 6.07 Å². The van der Waals surface area contributed by atoms with Crippen LogP contribution in [0.15, 0.2) is 18.2 Å². The number of benzene rings is 1. The van der Waals surface area contributed by atoms with Crippen LogP contribution in [0.1, 0.15) is 24.8 Å². The van der Waals surface area contributed by atoms with Crippen molar-refractivity contribution in [1.82, 2.24) is 5.32 Å². The molecule has 1 aromatic rings. The summed E-state index contributed by atoms with van der Waals surface area (Å²) in [4.78, 5) is 0. The Morgan fingerprint density at radius 3 is 3.12 bits per heavy atom. The normalized spacial score (nSPS) is 18.9. The molecule has 0 amide bonds. The van der Waals surface area contributed by atoms with Gasteiger partial charge < -0.3 is 10.6 Å². The summed E-state index contributed by atoms with van der Waals surface area (Å²) >= 11 is 5.96. The highest BCUT2D eigenvalue weighted by atomic mass is 35.5. The Bertz CT molecular complexity index is 419. The second-order valence-electron chi connectivity index (χ2n) is 4.28. The van der Waals surface area contributed by atoms with Crippen molar-refractivity contribution < 1.29 is 0 Å². The van der Waals surface area contributed by atoms with E-state index in [2.05, 4.69) is 16.7 Å². The van der Waals surface area contributed by atoms with Crippen LogP contribution in [0.5, 0.6) is 0 Å². The fourth-order valence-electron chi connectivity index (χ4n) is 2.17. The van der Waals surface area contributed by atoms with Crippen LogP contribution in [0.3, 0.4) is 0 Å². The molecule has 17 heavy (non-hydrogen) atoms. The van der Waals surface area contributed by atoms with Crippen molar-refractivity contribution in [1.29, 1.82) is 5.26 Å². The Morgan fingerprint density at radius 2 is 2.41 bits per heavy atom. The molecule has 0 spiro atoms. The van der Waals surface area contributed by atoms with Gasteiger partial charge in [0.2, 0.25) is 0 Å². The van der Waals surface area contributed by atoms with Crippen molar-refractivity contribution in [2.75, 3.05) is 18.4 Å². The van der Waals surface area contributed by atoms with E-state index < -0.39 is 0 Å². The zero-order valence-electron chi connectivity index (χ0n) is 9.67. The Kier molecular flexibility index (Phi) is 4.24. The van der Waals surface area contributed by atoms with Gasteiger partial charge in [0.15, 0.2) is 0 Å². The van der Waals surface area contributed by atoms with Crippen molar-refractivity contribution >= 4 is 17.3 Å².